The van der Waals surface area contributed by atoms with E-state index in [1.165, 1.54) is 38.8 Å². The van der Waals surface area contributed by atoms with E-state index < -0.39 is 0 Å². The molecule has 2 heteroatoms. The molecule has 0 aromatic rings. The summed E-state index contributed by atoms with van der Waals surface area (Å²) in [5.74, 6) is 1.11. The lowest BCUT2D eigenvalue weighted by molar-refractivity contribution is -0.118. The lowest BCUT2D eigenvalue weighted by Crippen LogP contribution is -2.42. The summed E-state index contributed by atoms with van der Waals surface area (Å²) >= 11 is 0. The van der Waals surface area contributed by atoms with Crippen molar-refractivity contribution in [2.45, 2.75) is 58.9 Å². The maximum Gasteiger partial charge on any atom is 0.131 e. The van der Waals surface area contributed by atoms with Crippen molar-refractivity contribution in [2.24, 2.45) is 5.92 Å². The first-order valence-electron chi connectivity index (χ1n) is 6.37. The Morgan fingerprint density at radius 3 is 2.80 bits per heavy atom. The van der Waals surface area contributed by atoms with Gasteiger partial charge in [0.15, 0.2) is 0 Å². The standard InChI is InChI=1S/C13H25NO/c1-4-11(2)10-14-8-6-5-7-13(14)9-12(3)15/h11,13H,4-10H2,1-3H3. The Labute approximate surface area is 94.0 Å². The zero-order chi connectivity index (χ0) is 11.3. The van der Waals surface area contributed by atoms with Gasteiger partial charge in [-0.15, -0.1) is 0 Å². The third-order valence-electron chi connectivity index (χ3n) is 3.52. The minimum Gasteiger partial charge on any atom is -0.300 e. The minimum absolute atomic E-state index is 0.344. The molecule has 0 N–H and O–H groups in total. The van der Waals surface area contributed by atoms with Gasteiger partial charge in [-0.05, 0) is 32.2 Å². The molecule has 15 heavy (non-hydrogen) atoms. The summed E-state index contributed by atoms with van der Waals surface area (Å²) in [6, 6.07) is 0.533. The van der Waals surface area contributed by atoms with Crippen LogP contribution in [0.4, 0.5) is 0 Å². The van der Waals surface area contributed by atoms with Gasteiger partial charge in [0.1, 0.15) is 5.78 Å². The van der Waals surface area contributed by atoms with Crippen LogP contribution in [-0.4, -0.2) is 29.8 Å². The van der Waals surface area contributed by atoms with Gasteiger partial charge < -0.3 is 0 Å². The molecule has 0 spiro atoms. The van der Waals surface area contributed by atoms with Crippen LogP contribution < -0.4 is 0 Å². The number of nitrogens with zero attached hydrogens (tertiary/aromatic N) is 1. The third kappa shape index (κ3) is 4.33. The molecule has 0 bridgehead atoms. The number of likely N-dealkylation sites (tertiary alicyclic amines) is 1. The van der Waals surface area contributed by atoms with Crippen LogP contribution in [0.3, 0.4) is 0 Å². The van der Waals surface area contributed by atoms with Crippen molar-refractivity contribution in [1.82, 2.24) is 4.90 Å². The Kier molecular flexibility index (Phi) is 5.30. The smallest absolute Gasteiger partial charge is 0.131 e. The van der Waals surface area contributed by atoms with Gasteiger partial charge in [-0.1, -0.05) is 26.7 Å². The predicted molar refractivity (Wildman–Crippen MR) is 64.0 cm³/mol. The Hall–Kier alpha value is -0.370. The van der Waals surface area contributed by atoms with E-state index in [1.54, 1.807) is 6.92 Å². The SMILES string of the molecule is CCC(C)CN1CCCCC1CC(C)=O. The molecule has 1 rings (SSSR count). The van der Waals surface area contributed by atoms with E-state index >= 15 is 0 Å². The second-order valence-corrected chi connectivity index (χ2v) is 5.06. The van der Waals surface area contributed by atoms with Gasteiger partial charge in [-0.2, -0.15) is 0 Å². The van der Waals surface area contributed by atoms with E-state index in [0.29, 0.717) is 11.8 Å². The molecule has 0 saturated carbocycles. The van der Waals surface area contributed by atoms with Crippen LogP contribution in [0, 0.1) is 5.92 Å². The van der Waals surface area contributed by atoms with Crippen molar-refractivity contribution < 1.29 is 4.79 Å². The molecule has 1 fully saturated rings. The summed E-state index contributed by atoms with van der Waals surface area (Å²) in [4.78, 5) is 13.7. The van der Waals surface area contributed by atoms with Gasteiger partial charge in [0.25, 0.3) is 0 Å². The number of Topliss-reactive ketones (excluding diaryl/α,β-unsaturated/α-hetero) is 1. The lowest BCUT2D eigenvalue weighted by Gasteiger charge is -2.36. The number of rotatable bonds is 5. The molecule has 0 radical (unpaired) electrons. The summed E-state index contributed by atoms with van der Waals surface area (Å²) in [6.07, 6.45) is 5.83. The molecular formula is C13H25NO. The van der Waals surface area contributed by atoms with Gasteiger partial charge >= 0.3 is 0 Å². The Morgan fingerprint density at radius 2 is 2.20 bits per heavy atom. The first-order valence-corrected chi connectivity index (χ1v) is 6.37. The summed E-state index contributed by atoms with van der Waals surface area (Å²) < 4.78 is 0. The highest BCUT2D eigenvalue weighted by atomic mass is 16.1. The molecule has 1 heterocycles. The number of piperidine rings is 1. The molecule has 88 valence electrons. The van der Waals surface area contributed by atoms with Crippen LogP contribution in [0.25, 0.3) is 0 Å². The van der Waals surface area contributed by atoms with Crippen molar-refractivity contribution in [3.8, 4) is 0 Å². The molecule has 1 aliphatic rings. The molecule has 2 unspecified atom stereocenters. The normalized spacial score (nSPS) is 25.1. The quantitative estimate of drug-likeness (QED) is 0.697. The zero-order valence-corrected chi connectivity index (χ0v) is 10.5. The predicted octanol–water partition coefficient (Wildman–Crippen LogP) is 2.87. The summed E-state index contributed by atoms with van der Waals surface area (Å²) in [5.41, 5.74) is 0. The summed E-state index contributed by atoms with van der Waals surface area (Å²) in [6.45, 7) is 8.64. The van der Waals surface area contributed by atoms with Crippen molar-refractivity contribution in [2.75, 3.05) is 13.1 Å². The van der Waals surface area contributed by atoms with Crippen molar-refractivity contribution in [3.05, 3.63) is 0 Å². The van der Waals surface area contributed by atoms with Crippen LogP contribution in [0.5, 0.6) is 0 Å². The average molecular weight is 211 g/mol. The van der Waals surface area contributed by atoms with E-state index in [0.717, 1.165) is 12.3 Å². The molecule has 1 aliphatic heterocycles. The maximum atomic E-state index is 11.2. The Balaban J connectivity index is 2.45. The highest BCUT2D eigenvalue weighted by Gasteiger charge is 2.24. The molecule has 0 aliphatic carbocycles. The largest absolute Gasteiger partial charge is 0.300 e. The maximum absolute atomic E-state index is 11.2. The molecule has 2 nitrogen and oxygen atoms in total. The number of carbonyl (C=O) groups is 1. The van der Waals surface area contributed by atoms with Crippen LogP contribution in [0.1, 0.15) is 52.9 Å². The molecule has 1 saturated heterocycles. The monoisotopic (exact) mass is 211 g/mol. The molecular weight excluding hydrogens is 186 g/mol. The lowest BCUT2D eigenvalue weighted by atomic mass is 9.96. The molecule has 0 aromatic carbocycles. The van der Waals surface area contributed by atoms with Gasteiger partial charge in [0, 0.05) is 19.0 Å². The highest BCUT2D eigenvalue weighted by Crippen LogP contribution is 2.21. The van der Waals surface area contributed by atoms with Crippen LogP contribution >= 0.6 is 0 Å². The minimum atomic E-state index is 0.344. The van der Waals surface area contributed by atoms with Gasteiger partial charge in [-0.3, -0.25) is 9.69 Å². The van der Waals surface area contributed by atoms with Crippen molar-refractivity contribution in [1.29, 1.82) is 0 Å². The third-order valence-corrected chi connectivity index (χ3v) is 3.52. The van der Waals surface area contributed by atoms with E-state index in [1.807, 2.05) is 0 Å². The highest BCUT2D eigenvalue weighted by molar-refractivity contribution is 5.76. The molecule has 0 aromatic heterocycles. The topological polar surface area (TPSA) is 20.3 Å². The zero-order valence-electron chi connectivity index (χ0n) is 10.5. The number of carbonyl (C=O) groups excluding carboxylic acids is 1. The van der Waals surface area contributed by atoms with Gasteiger partial charge in [0.05, 0.1) is 0 Å². The summed E-state index contributed by atoms with van der Waals surface area (Å²) in [5, 5.41) is 0. The Bertz CT molecular complexity index is 203. The fourth-order valence-corrected chi connectivity index (χ4v) is 2.39. The first kappa shape index (κ1) is 12.7. The van der Waals surface area contributed by atoms with Crippen molar-refractivity contribution >= 4 is 5.78 Å². The number of hydrogen-bond donors (Lipinski definition) is 0. The number of hydrogen-bond acceptors (Lipinski definition) is 2. The van der Waals surface area contributed by atoms with E-state index in [4.69, 9.17) is 0 Å². The summed E-state index contributed by atoms with van der Waals surface area (Å²) in [7, 11) is 0. The van der Waals surface area contributed by atoms with Crippen LogP contribution in [0.2, 0.25) is 0 Å². The Morgan fingerprint density at radius 1 is 1.47 bits per heavy atom. The van der Waals surface area contributed by atoms with Gasteiger partial charge in [0.2, 0.25) is 0 Å². The number of ketones is 1. The van der Waals surface area contributed by atoms with E-state index in [9.17, 15) is 4.79 Å². The second-order valence-electron chi connectivity index (χ2n) is 5.06. The fourth-order valence-electron chi connectivity index (χ4n) is 2.39. The van der Waals surface area contributed by atoms with Crippen LogP contribution in [0.15, 0.2) is 0 Å². The average Bonchev–Trinajstić information content (AvgIpc) is 2.20. The van der Waals surface area contributed by atoms with Crippen molar-refractivity contribution in [3.63, 3.8) is 0 Å². The van der Waals surface area contributed by atoms with Crippen LogP contribution in [-0.2, 0) is 4.79 Å². The first-order chi connectivity index (χ1) is 7.13. The second kappa shape index (κ2) is 6.26. The molecule has 2 atom stereocenters. The van der Waals surface area contributed by atoms with E-state index in [-0.39, 0.29) is 0 Å². The van der Waals surface area contributed by atoms with Gasteiger partial charge in [-0.25, -0.2) is 0 Å². The molecule has 0 amide bonds. The van der Waals surface area contributed by atoms with E-state index in [2.05, 4.69) is 18.7 Å². The fraction of sp³-hybridized carbons (Fsp3) is 0.923.